The fraction of sp³-hybridized carbons (Fsp3) is 0.290. The number of allylic oxidation sites excluding steroid dienone is 4. The van der Waals surface area contributed by atoms with E-state index in [0.29, 0.717) is 48.4 Å². The molecule has 39 heavy (non-hydrogen) atoms. The number of aromatic nitrogens is 4. The summed E-state index contributed by atoms with van der Waals surface area (Å²) in [6.45, 7) is 6.33. The first-order valence-electron chi connectivity index (χ1n) is 12.5. The summed E-state index contributed by atoms with van der Waals surface area (Å²) in [7, 11) is 0. The minimum absolute atomic E-state index is 0. The lowest BCUT2D eigenvalue weighted by Crippen LogP contribution is -2.43. The van der Waals surface area contributed by atoms with Gasteiger partial charge in [0.15, 0.2) is 0 Å². The number of carbonyl (C=O) groups is 1. The fourth-order valence-corrected chi connectivity index (χ4v) is 4.70. The maximum Gasteiger partial charge on any atom is 0.256 e. The summed E-state index contributed by atoms with van der Waals surface area (Å²) < 4.78 is 0. The van der Waals surface area contributed by atoms with Gasteiger partial charge in [0.05, 0.1) is 22.7 Å². The van der Waals surface area contributed by atoms with E-state index >= 15 is 0 Å². The highest BCUT2D eigenvalue weighted by atomic mass is 16.3. The van der Waals surface area contributed by atoms with E-state index in [1.165, 1.54) is 6.33 Å². The Hall–Kier alpha value is -4.64. The Bertz CT molecular complexity index is 1400. The number of pyridine rings is 2. The Morgan fingerprint density at radius 2 is 1.77 bits per heavy atom. The summed E-state index contributed by atoms with van der Waals surface area (Å²) in [4.78, 5) is 31.5. The van der Waals surface area contributed by atoms with Crippen molar-refractivity contribution >= 4 is 11.7 Å². The first-order chi connectivity index (χ1) is 18.4. The van der Waals surface area contributed by atoms with E-state index in [-0.39, 0.29) is 19.1 Å². The number of aryl methyl sites for hydroxylation is 1. The van der Waals surface area contributed by atoms with Crippen molar-refractivity contribution in [2.24, 2.45) is 5.41 Å². The van der Waals surface area contributed by atoms with Gasteiger partial charge in [-0.15, -0.1) is 0 Å². The topological polar surface area (TPSA) is 116 Å². The van der Waals surface area contributed by atoms with E-state index in [1.54, 1.807) is 48.9 Å². The third kappa shape index (κ3) is 6.63. The highest BCUT2D eigenvalue weighted by molar-refractivity contribution is 5.99. The van der Waals surface area contributed by atoms with Crippen LogP contribution in [0.2, 0.25) is 0 Å². The number of likely N-dealkylation sites (tertiary alicyclic amines) is 1. The molecule has 0 radical (unpaired) electrons. The third-order valence-electron chi connectivity index (χ3n) is 6.85. The smallest absolute Gasteiger partial charge is 0.256 e. The molecule has 0 saturated carbocycles. The molecule has 1 fully saturated rings. The van der Waals surface area contributed by atoms with Gasteiger partial charge in [0.2, 0.25) is 0 Å². The number of hydrogen-bond acceptors (Lipinski definition) is 7. The lowest BCUT2D eigenvalue weighted by atomic mass is 9.72. The van der Waals surface area contributed by atoms with Gasteiger partial charge in [0.1, 0.15) is 17.8 Å². The molecule has 200 valence electrons. The highest BCUT2D eigenvalue weighted by Gasteiger charge is 2.39. The van der Waals surface area contributed by atoms with Crippen LogP contribution >= 0.6 is 0 Å². The minimum Gasteiger partial charge on any atom is -0.508 e. The van der Waals surface area contributed by atoms with E-state index in [2.05, 4.69) is 50.8 Å². The molecule has 1 saturated heterocycles. The standard InChI is InChI=1S/C22H21N5O.C8H9NO.CH4/c23-15-22(17-5-2-1-3-6-17)9-13-27(14-10-22)21(28)18-7-4-11-25-20(18)19-8-12-24-16-26-19;1-6-8(7(2)10)4-3-5-9-6;/h2,4-8,11-12,16H,1,3,9-10,13-14H2;3-5,10H,2H2,1H3;1H4. The molecule has 8 heteroatoms. The van der Waals surface area contributed by atoms with Crippen molar-refractivity contribution in [2.75, 3.05) is 13.1 Å². The molecule has 0 bridgehead atoms. The molecule has 3 aromatic heterocycles. The molecule has 4 heterocycles. The lowest BCUT2D eigenvalue weighted by molar-refractivity contribution is 0.0674. The Morgan fingerprint density at radius 1 is 1.05 bits per heavy atom. The first-order valence-corrected chi connectivity index (χ1v) is 12.5. The van der Waals surface area contributed by atoms with Crippen molar-refractivity contribution < 1.29 is 9.90 Å². The van der Waals surface area contributed by atoms with Crippen molar-refractivity contribution in [3.8, 4) is 17.5 Å². The van der Waals surface area contributed by atoms with Crippen LogP contribution in [0.3, 0.4) is 0 Å². The zero-order chi connectivity index (χ0) is 27.0. The summed E-state index contributed by atoms with van der Waals surface area (Å²) in [5.74, 6) is 0.00650. The van der Waals surface area contributed by atoms with Crippen molar-refractivity contribution in [2.45, 2.75) is 40.0 Å². The van der Waals surface area contributed by atoms with Crippen LogP contribution < -0.4 is 0 Å². The van der Waals surface area contributed by atoms with Crippen molar-refractivity contribution in [1.29, 1.82) is 5.26 Å². The van der Waals surface area contributed by atoms with Crippen LogP contribution in [-0.2, 0) is 0 Å². The van der Waals surface area contributed by atoms with E-state index in [0.717, 1.165) is 24.1 Å². The first kappa shape index (κ1) is 28.9. The van der Waals surface area contributed by atoms with Gasteiger partial charge in [0.25, 0.3) is 5.91 Å². The second-order valence-corrected chi connectivity index (χ2v) is 9.20. The largest absolute Gasteiger partial charge is 0.508 e. The zero-order valence-corrected chi connectivity index (χ0v) is 21.4. The quantitative estimate of drug-likeness (QED) is 0.411. The van der Waals surface area contributed by atoms with Crippen LogP contribution in [0.1, 0.15) is 54.7 Å². The van der Waals surface area contributed by atoms with E-state index in [4.69, 9.17) is 5.11 Å². The van der Waals surface area contributed by atoms with Crippen LogP contribution in [0, 0.1) is 23.7 Å². The summed E-state index contributed by atoms with van der Waals surface area (Å²) in [5, 5.41) is 18.8. The molecule has 2 aliphatic rings. The third-order valence-corrected chi connectivity index (χ3v) is 6.85. The molecule has 1 N–H and O–H groups in total. The molecular weight excluding hydrogens is 488 g/mol. The van der Waals surface area contributed by atoms with E-state index < -0.39 is 5.41 Å². The Kier molecular flexibility index (Phi) is 9.82. The number of rotatable bonds is 4. The van der Waals surface area contributed by atoms with Gasteiger partial charge in [-0.25, -0.2) is 9.97 Å². The lowest BCUT2D eigenvalue weighted by Gasteiger charge is -2.38. The predicted octanol–water partition coefficient (Wildman–Crippen LogP) is 6.12. The van der Waals surface area contributed by atoms with Gasteiger partial charge in [-0.3, -0.25) is 14.8 Å². The van der Waals surface area contributed by atoms with Gasteiger partial charge in [-0.1, -0.05) is 32.2 Å². The summed E-state index contributed by atoms with van der Waals surface area (Å²) >= 11 is 0. The van der Waals surface area contributed by atoms with Crippen molar-refractivity contribution in [3.05, 3.63) is 102 Å². The van der Waals surface area contributed by atoms with Crippen LogP contribution in [0.15, 0.2) is 85.6 Å². The normalized spacial score (nSPS) is 15.5. The SMILES string of the molecule is C.C=C(O)c1cccnc1C.N#CC1(C2=CCCC=C2)CCN(C(=O)c2cccnc2-c2ccncn2)CC1. The summed E-state index contributed by atoms with van der Waals surface area (Å²) in [5.41, 5.74) is 3.85. The molecule has 8 nitrogen and oxygen atoms in total. The maximum absolute atomic E-state index is 13.2. The Labute approximate surface area is 230 Å². The number of piperidine rings is 1. The second kappa shape index (κ2) is 13.2. The molecule has 0 atom stereocenters. The number of aliphatic hydroxyl groups is 1. The Morgan fingerprint density at radius 3 is 2.33 bits per heavy atom. The zero-order valence-electron chi connectivity index (χ0n) is 21.4. The number of aliphatic hydroxyl groups excluding tert-OH is 1. The van der Waals surface area contributed by atoms with Gasteiger partial charge < -0.3 is 10.0 Å². The molecule has 0 aromatic carbocycles. The summed E-state index contributed by atoms with van der Waals surface area (Å²) in [6.07, 6.45) is 16.1. The number of carbonyl (C=O) groups excluding carboxylic acids is 1. The van der Waals surface area contributed by atoms with E-state index in [9.17, 15) is 10.1 Å². The fourth-order valence-electron chi connectivity index (χ4n) is 4.70. The second-order valence-electron chi connectivity index (χ2n) is 9.20. The van der Waals surface area contributed by atoms with E-state index in [1.807, 2.05) is 11.8 Å². The van der Waals surface area contributed by atoms with Crippen molar-refractivity contribution in [3.63, 3.8) is 0 Å². The highest BCUT2D eigenvalue weighted by Crippen LogP contribution is 2.40. The summed E-state index contributed by atoms with van der Waals surface area (Å²) in [6, 6.07) is 11.4. The average molecular weight is 523 g/mol. The number of amides is 1. The number of nitrogens with zero attached hydrogens (tertiary/aromatic N) is 6. The Balaban J connectivity index is 0.000000324. The van der Waals surface area contributed by atoms with Crippen LogP contribution in [0.25, 0.3) is 17.1 Å². The minimum atomic E-state index is -0.488. The molecule has 5 rings (SSSR count). The van der Waals surface area contributed by atoms with Crippen molar-refractivity contribution in [1.82, 2.24) is 24.8 Å². The van der Waals surface area contributed by atoms with Gasteiger partial charge >= 0.3 is 0 Å². The molecule has 0 spiro atoms. The molecule has 3 aromatic rings. The van der Waals surface area contributed by atoms with Gasteiger partial charge in [-0.05, 0) is 68.5 Å². The van der Waals surface area contributed by atoms with Gasteiger partial charge in [0, 0.05) is 42.9 Å². The molecular formula is C31H34N6O2. The van der Waals surface area contributed by atoms with Crippen LogP contribution in [0.4, 0.5) is 0 Å². The molecule has 0 unspecified atom stereocenters. The average Bonchev–Trinajstić information content (AvgIpc) is 2.98. The molecule has 1 amide bonds. The van der Waals surface area contributed by atoms with Gasteiger partial charge in [-0.2, -0.15) is 5.26 Å². The van der Waals surface area contributed by atoms with Crippen LogP contribution in [0.5, 0.6) is 0 Å². The molecule has 1 aliphatic heterocycles. The predicted molar refractivity (Wildman–Crippen MR) is 152 cm³/mol. The molecule has 1 aliphatic carbocycles. The number of hydrogen-bond donors (Lipinski definition) is 1. The monoisotopic (exact) mass is 522 g/mol. The number of nitriles is 1. The maximum atomic E-state index is 13.2. The van der Waals surface area contributed by atoms with Crippen LogP contribution in [-0.4, -0.2) is 48.9 Å².